The van der Waals surface area contributed by atoms with E-state index in [1.165, 1.54) is 6.42 Å². The van der Waals surface area contributed by atoms with E-state index in [4.69, 9.17) is 0 Å². The molecule has 1 nitrogen and oxygen atoms in total. The summed E-state index contributed by atoms with van der Waals surface area (Å²) in [5.74, 6) is 3.86. The van der Waals surface area contributed by atoms with E-state index in [1.807, 2.05) is 0 Å². The smallest absolute Gasteiger partial charge is 0.0597 e. The summed E-state index contributed by atoms with van der Waals surface area (Å²) < 4.78 is 0. The van der Waals surface area contributed by atoms with Crippen molar-refractivity contribution in [3.05, 3.63) is 0 Å². The first-order chi connectivity index (χ1) is 5.13. The monoisotopic (exact) mass is 154 g/mol. The molecule has 0 saturated heterocycles. The van der Waals surface area contributed by atoms with E-state index in [0.29, 0.717) is 11.8 Å². The molecule has 0 aliphatic heterocycles. The molecule has 0 aromatic heterocycles. The maximum absolute atomic E-state index is 9.52. The Labute approximate surface area is 68.8 Å². The molecule has 2 aliphatic rings. The second kappa shape index (κ2) is 2.22. The van der Waals surface area contributed by atoms with Gasteiger partial charge in [0.05, 0.1) is 6.10 Å². The van der Waals surface area contributed by atoms with Gasteiger partial charge in [-0.1, -0.05) is 20.8 Å². The molecule has 0 spiro atoms. The van der Waals surface area contributed by atoms with Gasteiger partial charge in [0.2, 0.25) is 0 Å². The third-order valence-corrected chi connectivity index (χ3v) is 3.96. The molecule has 0 amide bonds. The van der Waals surface area contributed by atoms with E-state index in [0.717, 1.165) is 17.8 Å². The third kappa shape index (κ3) is 0.936. The highest BCUT2D eigenvalue weighted by Gasteiger charge is 2.53. The normalized spacial score (nSPS) is 62.2. The Morgan fingerprint density at radius 3 is 1.91 bits per heavy atom. The van der Waals surface area contributed by atoms with Gasteiger partial charge in [-0.05, 0) is 36.0 Å². The predicted octanol–water partition coefficient (Wildman–Crippen LogP) is 1.91. The molecule has 1 N–H and O–H groups in total. The van der Waals surface area contributed by atoms with Crippen LogP contribution < -0.4 is 0 Å². The van der Waals surface area contributed by atoms with Crippen molar-refractivity contribution < 1.29 is 5.11 Å². The Morgan fingerprint density at radius 2 is 1.55 bits per heavy atom. The van der Waals surface area contributed by atoms with Crippen LogP contribution in [0.5, 0.6) is 0 Å². The average Bonchev–Trinajstić information content (AvgIpc) is 2.67. The van der Waals surface area contributed by atoms with Crippen molar-refractivity contribution in [1.29, 1.82) is 0 Å². The zero-order valence-corrected chi connectivity index (χ0v) is 7.62. The largest absolute Gasteiger partial charge is 0.393 e. The predicted molar refractivity (Wildman–Crippen MR) is 45.1 cm³/mol. The van der Waals surface area contributed by atoms with Crippen LogP contribution in [0.4, 0.5) is 0 Å². The lowest BCUT2D eigenvalue weighted by molar-refractivity contribution is -0.0947. The van der Waals surface area contributed by atoms with E-state index in [1.54, 1.807) is 0 Å². The molecular weight excluding hydrogens is 136 g/mol. The minimum atomic E-state index is -0.00667. The van der Waals surface area contributed by atoms with Crippen molar-refractivity contribution in [2.75, 3.05) is 0 Å². The third-order valence-electron chi connectivity index (χ3n) is 3.96. The standard InChI is InChI=1S/C10H18O/c1-5-4-8(5)9-6(2)10(11)7(9)3/h5-11H,4H2,1-3H3. The van der Waals surface area contributed by atoms with Crippen molar-refractivity contribution >= 4 is 0 Å². The number of aliphatic hydroxyl groups excluding tert-OH is 1. The SMILES string of the molecule is CC1CC1C1C(C)C(O)C1C. The zero-order chi connectivity index (χ0) is 8.17. The van der Waals surface area contributed by atoms with Gasteiger partial charge >= 0.3 is 0 Å². The van der Waals surface area contributed by atoms with E-state index in [2.05, 4.69) is 20.8 Å². The van der Waals surface area contributed by atoms with Gasteiger partial charge in [0.15, 0.2) is 0 Å². The van der Waals surface area contributed by atoms with Gasteiger partial charge in [0, 0.05) is 0 Å². The van der Waals surface area contributed by atoms with Crippen LogP contribution in [0, 0.1) is 29.6 Å². The highest BCUT2D eigenvalue weighted by Crippen LogP contribution is 2.56. The molecule has 0 aromatic rings. The summed E-state index contributed by atoms with van der Waals surface area (Å²) in [5.41, 5.74) is 0. The Kier molecular flexibility index (Phi) is 1.54. The summed E-state index contributed by atoms with van der Waals surface area (Å²) >= 11 is 0. The topological polar surface area (TPSA) is 20.2 Å². The molecule has 0 bridgehead atoms. The van der Waals surface area contributed by atoms with Crippen molar-refractivity contribution in [1.82, 2.24) is 0 Å². The molecule has 0 radical (unpaired) electrons. The van der Waals surface area contributed by atoms with Crippen molar-refractivity contribution in [2.24, 2.45) is 29.6 Å². The van der Waals surface area contributed by atoms with E-state index >= 15 is 0 Å². The first-order valence-electron chi connectivity index (χ1n) is 4.81. The summed E-state index contributed by atoms with van der Waals surface area (Å²) in [4.78, 5) is 0. The van der Waals surface area contributed by atoms with Gasteiger partial charge < -0.3 is 5.11 Å². The lowest BCUT2D eigenvalue weighted by Crippen LogP contribution is -2.49. The summed E-state index contributed by atoms with van der Waals surface area (Å²) in [6, 6.07) is 0. The number of aliphatic hydroxyl groups is 1. The molecule has 64 valence electrons. The lowest BCUT2D eigenvalue weighted by Gasteiger charge is -2.47. The van der Waals surface area contributed by atoms with Gasteiger partial charge in [-0.25, -0.2) is 0 Å². The Balaban J connectivity index is 1.96. The second-order valence-corrected chi connectivity index (χ2v) is 4.66. The maximum atomic E-state index is 9.52. The molecule has 11 heavy (non-hydrogen) atoms. The first-order valence-corrected chi connectivity index (χ1v) is 4.81. The molecule has 0 heterocycles. The van der Waals surface area contributed by atoms with Gasteiger partial charge in [-0.2, -0.15) is 0 Å². The Morgan fingerprint density at radius 1 is 1.09 bits per heavy atom. The quantitative estimate of drug-likeness (QED) is 0.611. The first kappa shape index (κ1) is 7.60. The van der Waals surface area contributed by atoms with Gasteiger partial charge in [0.1, 0.15) is 0 Å². The molecule has 4 atom stereocenters. The molecule has 2 rings (SSSR count). The maximum Gasteiger partial charge on any atom is 0.0597 e. The summed E-state index contributed by atoms with van der Waals surface area (Å²) in [6.07, 6.45) is 1.40. The van der Waals surface area contributed by atoms with Crippen LogP contribution >= 0.6 is 0 Å². The molecule has 0 aromatic carbocycles. The Bertz CT molecular complexity index is 154. The van der Waals surface area contributed by atoms with Crippen LogP contribution in [0.25, 0.3) is 0 Å². The zero-order valence-electron chi connectivity index (χ0n) is 7.62. The lowest BCUT2D eigenvalue weighted by atomic mass is 9.61. The van der Waals surface area contributed by atoms with E-state index in [9.17, 15) is 5.11 Å². The Hall–Kier alpha value is -0.0400. The molecule has 4 unspecified atom stereocenters. The van der Waals surface area contributed by atoms with E-state index < -0.39 is 0 Å². The molecule has 2 saturated carbocycles. The number of rotatable bonds is 1. The van der Waals surface area contributed by atoms with Crippen molar-refractivity contribution in [2.45, 2.75) is 33.3 Å². The van der Waals surface area contributed by atoms with Crippen LogP contribution in [0.3, 0.4) is 0 Å². The van der Waals surface area contributed by atoms with Crippen LogP contribution in [-0.2, 0) is 0 Å². The van der Waals surface area contributed by atoms with Crippen LogP contribution in [0.2, 0.25) is 0 Å². The molecular formula is C10H18O. The van der Waals surface area contributed by atoms with E-state index in [-0.39, 0.29) is 6.10 Å². The minimum Gasteiger partial charge on any atom is -0.393 e. The van der Waals surface area contributed by atoms with Gasteiger partial charge in [-0.3, -0.25) is 0 Å². The van der Waals surface area contributed by atoms with Crippen LogP contribution in [-0.4, -0.2) is 11.2 Å². The van der Waals surface area contributed by atoms with Crippen LogP contribution in [0.1, 0.15) is 27.2 Å². The fourth-order valence-corrected chi connectivity index (χ4v) is 2.93. The highest BCUT2D eigenvalue weighted by molar-refractivity contribution is 5.02. The second-order valence-electron chi connectivity index (χ2n) is 4.66. The molecule has 2 aliphatic carbocycles. The van der Waals surface area contributed by atoms with Crippen molar-refractivity contribution in [3.8, 4) is 0 Å². The highest BCUT2D eigenvalue weighted by atomic mass is 16.3. The fourth-order valence-electron chi connectivity index (χ4n) is 2.93. The summed E-state index contributed by atoms with van der Waals surface area (Å²) in [7, 11) is 0. The minimum absolute atomic E-state index is 0.00667. The molecule has 1 heteroatoms. The fraction of sp³-hybridized carbons (Fsp3) is 1.00. The molecule has 2 fully saturated rings. The summed E-state index contributed by atoms with van der Waals surface area (Å²) in [6.45, 7) is 6.72. The summed E-state index contributed by atoms with van der Waals surface area (Å²) in [5, 5.41) is 9.52. The number of hydrogen-bond acceptors (Lipinski definition) is 1. The van der Waals surface area contributed by atoms with Crippen LogP contribution in [0.15, 0.2) is 0 Å². The average molecular weight is 154 g/mol. The number of hydrogen-bond donors (Lipinski definition) is 1. The van der Waals surface area contributed by atoms with Gasteiger partial charge in [-0.15, -0.1) is 0 Å². The van der Waals surface area contributed by atoms with Crippen molar-refractivity contribution in [3.63, 3.8) is 0 Å². The van der Waals surface area contributed by atoms with Gasteiger partial charge in [0.25, 0.3) is 0 Å².